The van der Waals surface area contributed by atoms with Crippen LogP contribution in [0.15, 0.2) is 21.5 Å². The van der Waals surface area contributed by atoms with Crippen LogP contribution in [0.4, 0.5) is 0 Å². The molecule has 0 aromatic carbocycles. The predicted molar refractivity (Wildman–Crippen MR) is 71.3 cm³/mol. The number of aryl methyl sites for hydroxylation is 2. The van der Waals surface area contributed by atoms with E-state index >= 15 is 0 Å². The van der Waals surface area contributed by atoms with E-state index in [9.17, 15) is 9.59 Å². The highest BCUT2D eigenvalue weighted by Gasteiger charge is 2.19. The molecule has 106 valence electrons. The van der Waals surface area contributed by atoms with Gasteiger partial charge in [0.2, 0.25) is 5.89 Å². The minimum atomic E-state index is -0.464. The fraction of sp³-hybridized carbons (Fsp3) is 0.385. The van der Waals surface area contributed by atoms with Crippen LogP contribution in [0, 0.1) is 13.8 Å². The van der Waals surface area contributed by atoms with Gasteiger partial charge in [-0.2, -0.15) is 4.98 Å². The van der Waals surface area contributed by atoms with Crippen molar-refractivity contribution in [1.82, 2.24) is 20.0 Å². The number of hydrogen-bond donors (Lipinski definition) is 1. The molecule has 0 aliphatic carbocycles. The molecule has 1 amide bonds. The summed E-state index contributed by atoms with van der Waals surface area (Å²) in [5.74, 6) is 0.334. The summed E-state index contributed by atoms with van der Waals surface area (Å²) in [7, 11) is 1.62. The van der Waals surface area contributed by atoms with Gasteiger partial charge in [-0.1, -0.05) is 5.16 Å². The predicted octanol–water partition coefficient (Wildman–Crippen LogP) is 0.876. The molecule has 2 aromatic rings. The molecule has 0 bridgehead atoms. The van der Waals surface area contributed by atoms with Crippen molar-refractivity contribution in [3.8, 4) is 0 Å². The molecule has 20 heavy (non-hydrogen) atoms. The Morgan fingerprint density at radius 1 is 1.40 bits per heavy atom. The number of pyridine rings is 1. The van der Waals surface area contributed by atoms with E-state index in [0.717, 1.165) is 5.69 Å². The van der Waals surface area contributed by atoms with E-state index in [1.54, 1.807) is 33.9 Å². The summed E-state index contributed by atoms with van der Waals surface area (Å²) in [6.45, 7) is 5.20. The first-order valence-corrected chi connectivity index (χ1v) is 6.18. The van der Waals surface area contributed by atoms with Gasteiger partial charge in [0.05, 0.1) is 0 Å². The Bertz CT molecular complexity index is 702. The van der Waals surface area contributed by atoms with E-state index in [2.05, 4.69) is 15.5 Å². The first kappa shape index (κ1) is 14.0. The largest absolute Gasteiger partial charge is 0.340 e. The van der Waals surface area contributed by atoms with Crippen molar-refractivity contribution in [1.29, 1.82) is 0 Å². The van der Waals surface area contributed by atoms with Crippen LogP contribution in [0.3, 0.4) is 0 Å². The molecule has 2 rings (SSSR count). The van der Waals surface area contributed by atoms with Crippen LogP contribution >= 0.6 is 0 Å². The number of carbonyl (C=O) groups is 1. The Balaban J connectivity index is 2.21. The fourth-order valence-electron chi connectivity index (χ4n) is 1.73. The summed E-state index contributed by atoms with van der Waals surface area (Å²) in [5, 5.41) is 6.32. The summed E-state index contributed by atoms with van der Waals surface area (Å²) >= 11 is 0. The fourth-order valence-corrected chi connectivity index (χ4v) is 1.73. The van der Waals surface area contributed by atoms with E-state index < -0.39 is 11.9 Å². The molecule has 0 aliphatic rings. The third-order valence-corrected chi connectivity index (χ3v) is 3.06. The number of carbonyl (C=O) groups excluding carboxylic acids is 1. The molecule has 0 radical (unpaired) electrons. The van der Waals surface area contributed by atoms with E-state index in [4.69, 9.17) is 4.52 Å². The monoisotopic (exact) mass is 276 g/mol. The van der Waals surface area contributed by atoms with Crippen molar-refractivity contribution < 1.29 is 9.32 Å². The number of rotatable bonds is 3. The summed E-state index contributed by atoms with van der Waals surface area (Å²) in [5.41, 5.74) is 0.532. The number of hydrogen-bond acceptors (Lipinski definition) is 5. The van der Waals surface area contributed by atoms with Crippen molar-refractivity contribution in [2.24, 2.45) is 7.05 Å². The first-order valence-electron chi connectivity index (χ1n) is 6.18. The highest BCUT2D eigenvalue weighted by molar-refractivity contribution is 5.94. The van der Waals surface area contributed by atoms with Crippen molar-refractivity contribution in [2.75, 3.05) is 0 Å². The van der Waals surface area contributed by atoms with Gasteiger partial charge >= 0.3 is 0 Å². The van der Waals surface area contributed by atoms with Gasteiger partial charge in [0, 0.05) is 12.7 Å². The van der Waals surface area contributed by atoms with Gasteiger partial charge in [-0.15, -0.1) is 0 Å². The average Bonchev–Trinajstić information content (AvgIpc) is 2.82. The lowest BCUT2D eigenvalue weighted by molar-refractivity contribution is 0.0930. The Kier molecular flexibility index (Phi) is 3.69. The van der Waals surface area contributed by atoms with Crippen LogP contribution in [0.2, 0.25) is 0 Å². The molecular formula is C13H16N4O3. The number of aromatic nitrogens is 3. The van der Waals surface area contributed by atoms with Gasteiger partial charge in [0.15, 0.2) is 5.82 Å². The lowest BCUT2D eigenvalue weighted by Crippen LogP contribution is -2.34. The minimum Gasteiger partial charge on any atom is -0.340 e. The number of nitrogens with zero attached hydrogens (tertiary/aromatic N) is 3. The summed E-state index contributed by atoms with van der Waals surface area (Å²) < 4.78 is 6.40. The SMILES string of the molecule is Cc1noc([C@@H](C)NC(=O)c2ccc(C)n(C)c2=O)n1. The van der Waals surface area contributed by atoms with Gasteiger partial charge in [-0.05, 0) is 32.9 Å². The third-order valence-electron chi connectivity index (χ3n) is 3.06. The number of amides is 1. The topological polar surface area (TPSA) is 90.0 Å². The molecule has 0 aliphatic heterocycles. The molecule has 7 nitrogen and oxygen atoms in total. The van der Waals surface area contributed by atoms with E-state index in [1.165, 1.54) is 10.6 Å². The van der Waals surface area contributed by atoms with Crippen LogP contribution in [0.1, 0.15) is 40.7 Å². The van der Waals surface area contributed by atoms with Crippen molar-refractivity contribution in [3.05, 3.63) is 45.5 Å². The smallest absolute Gasteiger partial charge is 0.263 e. The molecule has 7 heteroatoms. The zero-order valence-corrected chi connectivity index (χ0v) is 11.8. The standard InChI is InChI=1S/C13H16N4O3/c1-7-5-6-10(13(19)17(7)4)11(18)14-8(2)12-15-9(3)16-20-12/h5-6,8H,1-4H3,(H,14,18)/t8-/m1/s1. The molecule has 1 atom stereocenters. The van der Waals surface area contributed by atoms with E-state index in [0.29, 0.717) is 11.7 Å². The van der Waals surface area contributed by atoms with Crippen molar-refractivity contribution in [3.63, 3.8) is 0 Å². The van der Waals surface area contributed by atoms with Crippen LogP contribution in [-0.4, -0.2) is 20.6 Å². The third kappa shape index (κ3) is 2.61. The molecule has 0 fully saturated rings. The highest BCUT2D eigenvalue weighted by Crippen LogP contribution is 2.09. The van der Waals surface area contributed by atoms with E-state index in [-0.39, 0.29) is 11.1 Å². The lowest BCUT2D eigenvalue weighted by atomic mass is 10.2. The molecule has 0 saturated heterocycles. The van der Waals surface area contributed by atoms with Gasteiger partial charge in [-0.3, -0.25) is 9.59 Å². The zero-order chi connectivity index (χ0) is 14.9. The van der Waals surface area contributed by atoms with Crippen LogP contribution in [0.5, 0.6) is 0 Å². The Labute approximate surface area is 115 Å². The highest BCUT2D eigenvalue weighted by atomic mass is 16.5. The Morgan fingerprint density at radius 2 is 2.10 bits per heavy atom. The summed E-state index contributed by atoms with van der Waals surface area (Å²) in [4.78, 5) is 28.1. The molecule has 0 saturated carbocycles. The lowest BCUT2D eigenvalue weighted by Gasteiger charge is -2.10. The van der Waals surface area contributed by atoms with Gasteiger partial charge < -0.3 is 14.4 Å². The quantitative estimate of drug-likeness (QED) is 0.898. The molecule has 1 N–H and O–H groups in total. The maximum atomic E-state index is 12.1. The minimum absolute atomic E-state index is 0.0844. The average molecular weight is 276 g/mol. The normalized spacial score (nSPS) is 12.2. The second kappa shape index (κ2) is 5.28. The molecule has 0 unspecified atom stereocenters. The Hall–Kier alpha value is -2.44. The summed E-state index contributed by atoms with van der Waals surface area (Å²) in [6.07, 6.45) is 0. The molecule has 2 heterocycles. The van der Waals surface area contributed by atoms with E-state index in [1.807, 2.05) is 0 Å². The van der Waals surface area contributed by atoms with Gasteiger partial charge in [0.25, 0.3) is 11.5 Å². The summed E-state index contributed by atoms with van der Waals surface area (Å²) in [6, 6.07) is 2.77. The maximum absolute atomic E-state index is 12.1. The zero-order valence-electron chi connectivity index (χ0n) is 11.8. The number of nitrogens with one attached hydrogen (secondary N) is 1. The first-order chi connectivity index (χ1) is 9.40. The second-order valence-corrected chi connectivity index (χ2v) is 4.63. The molecule has 0 spiro atoms. The molecular weight excluding hydrogens is 260 g/mol. The second-order valence-electron chi connectivity index (χ2n) is 4.63. The van der Waals surface area contributed by atoms with Gasteiger partial charge in [0.1, 0.15) is 11.6 Å². The van der Waals surface area contributed by atoms with Gasteiger partial charge in [-0.25, -0.2) is 0 Å². The molecule has 2 aromatic heterocycles. The van der Waals surface area contributed by atoms with Crippen LogP contribution in [-0.2, 0) is 7.05 Å². The Morgan fingerprint density at radius 3 is 2.70 bits per heavy atom. The van der Waals surface area contributed by atoms with Crippen molar-refractivity contribution >= 4 is 5.91 Å². The maximum Gasteiger partial charge on any atom is 0.263 e. The van der Waals surface area contributed by atoms with Crippen LogP contribution < -0.4 is 10.9 Å². The van der Waals surface area contributed by atoms with Crippen LogP contribution in [0.25, 0.3) is 0 Å². The van der Waals surface area contributed by atoms with Crippen molar-refractivity contribution in [2.45, 2.75) is 26.8 Å².